The fraction of sp³-hybridized carbons (Fsp3) is 0.200. The van der Waals surface area contributed by atoms with Gasteiger partial charge in [-0.25, -0.2) is 9.97 Å². The standard InChI is InChI=1S/C10H10ClN3OS/c11-9-2-1-8(16-9)7-3-4-13-10(14-7)6(12)5-15/h1-4,6,15H,5,12H2. The Labute approximate surface area is 102 Å². The van der Waals surface area contributed by atoms with Crippen molar-refractivity contribution in [1.82, 2.24) is 9.97 Å². The van der Waals surface area contributed by atoms with Gasteiger partial charge in [-0.3, -0.25) is 0 Å². The largest absolute Gasteiger partial charge is 0.394 e. The van der Waals surface area contributed by atoms with Crippen molar-refractivity contribution in [1.29, 1.82) is 0 Å². The number of nitrogens with two attached hydrogens (primary N) is 1. The number of hydrogen-bond acceptors (Lipinski definition) is 5. The van der Waals surface area contributed by atoms with Crippen LogP contribution in [0.3, 0.4) is 0 Å². The Kier molecular flexibility index (Phi) is 3.50. The Morgan fingerprint density at radius 1 is 1.44 bits per heavy atom. The first-order valence-corrected chi connectivity index (χ1v) is 5.85. The summed E-state index contributed by atoms with van der Waals surface area (Å²) in [5.74, 6) is 0.435. The minimum atomic E-state index is -0.546. The predicted molar refractivity (Wildman–Crippen MR) is 64.4 cm³/mol. The Balaban J connectivity index is 2.36. The summed E-state index contributed by atoms with van der Waals surface area (Å²) in [6.45, 7) is -0.172. The maximum atomic E-state index is 8.93. The Morgan fingerprint density at radius 2 is 2.25 bits per heavy atom. The Morgan fingerprint density at radius 3 is 2.88 bits per heavy atom. The molecule has 0 saturated carbocycles. The number of rotatable bonds is 3. The molecule has 0 amide bonds. The summed E-state index contributed by atoms with van der Waals surface area (Å²) in [5, 5.41) is 8.93. The third-order valence-electron chi connectivity index (χ3n) is 2.03. The predicted octanol–water partition coefficient (Wildman–Crippen LogP) is 1.85. The molecule has 2 aromatic rings. The van der Waals surface area contributed by atoms with Gasteiger partial charge in [-0.2, -0.15) is 0 Å². The molecule has 0 aliphatic heterocycles. The minimum Gasteiger partial charge on any atom is -0.394 e. The van der Waals surface area contributed by atoms with E-state index in [0.717, 1.165) is 10.6 Å². The average Bonchev–Trinajstić information content (AvgIpc) is 2.75. The van der Waals surface area contributed by atoms with Crippen LogP contribution >= 0.6 is 22.9 Å². The first-order chi connectivity index (χ1) is 7.70. The summed E-state index contributed by atoms with van der Waals surface area (Å²) in [6.07, 6.45) is 1.63. The van der Waals surface area contributed by atoms with Gasteiger partial charge in [-0.15, -0.1) is 11.3 Å². The highest BCUT2D eigenvalue weighted by Gasteiger charge is 2.10. The molecule has 84 valence electrons. The summed E-state index contributed by atoms with van der Waals surface area (Å²) in [6, 6.07) is 4.95. The second-order valence-electron chi connectivity index (χ2n) is 3.19. The highest BCUT2D eigenvalue weighted by atomic mass is 35.5. The topological polar surface area (TPSA) is 72.0 Å². The normalized spacial score (nSPS) is 12.7. The SMILES string of the molecule is NC(CO)c1nccc(-c2ccc(Cl)s2)n1. The van der Waals surface area contributed by atoms with E-state index in [1.54, 1.807) is 12.3 Å². The maximum absolute atomic E-state index is 8.93. The van der Waals surface area contributed by atoms with Crippen LogP contribution in [0, 0.1) is 0 Å². The van der Waals surface area contributed by atoms with Crippen molar-refractivity contribution in [3.05, 3.63) is 34.6 Å². The Hall–Kier alpha value is -1.01. The molecule has 2 rings (SSSR count). The van der Waals surface area contributed by atoms with Crippen molar-refractivity contribution >= 4 is 22.9 Å². The number of aliphatic hydroxyl groups is 1. The van der Waals surface area contributed by atoms with Gasteiger partial charge >= 0.3 is 0 Å². The molecule has 0 fully saturated rings. The number of halogens is 1. The van der Waals surface area contributed by atoms with Crippen LogP contribution in [0.25, 0.3) is 10.6 Å². The molecule has 0 spiro atoms. The summed E-state index contributed by atoms with van der Waals surface area (Å²) >= 11 is 7.29. The van der Waals surface area contributed by atoms with E-state index >= 15 is 0 Å². The van der Waals surface area contributed by atoms with Gasteiger partial charge in [0.2, 0.25) is 0 Å². The quantitative estimate of drug-likeness (QED) is 0.878. The van der Waals surface area contributed by atoms with Gasteiger partial charge in [-0.05, 0) is 18.2 Å². The third-order valence-corrected chi connectivity index (χ3v) is 3.28. The van der Waals surface area contributed by atoms with Crippen molar-refractivity contribution in [2.24, 2.45) is 5.73 Å². The van der Waals surface area contributed by atoms with Crippen LogP contribution in [0.4, 0.5) is 0 Å². The Bertz CT molecular complexity index is 488. The summed E-state index contributed by atoms with van der Waals surface area (Å²) in [4.78, 5) is 9.26. The van der Waals surface area contributed by atoms with E-state index in [1.807, 2.05) is 12.1 Å². The van der Waals surface area contributed by atoms with E-state index in [0.29, 0.717) is 10.2 Å². The van der Waals surface area contributed by atoms with E-state index < -0.39 is 6.04 Å². The number of hydrogen-bond donors (Lipinski definition) is 2. The van der Waals surface area contributed by atoms with Gasteiger partial charge in [0.15, 0.2) is 0 Å². The van der Waals surface area contributed by atoms with Crippen molar-refractivity contribution in [3.8, 4) is 10.6 Å². The number of thiophene rings is 1. The molecule has 0 aliphatic rings. The zero-order valence-electron chi connectivity index (χ0n) is 8.30. The summed E-state index contributed by atoms with van der Waals surface area (Å²) in [5.41, 5.74) is 6.42. The highest BCUT2D eigenvalue weighted by Crippen LogP contribution is 2.29. The van der Waals surface area contributed by atoms with Crippen molar-refractivity contribution in [3.63, 3.8) is 0 Å². The monoisotopic (exact) mass is 255 g/mol. The molecule has 0 bridgehead atoms. The van der Waals surface area contributed by atoms with E-state index in [2.05, 4.69) is 9.97 Å². The second-order valence-corrected chi connectivity index (χ2v) is 4.91. The fourth-order valence-electron chi connectivity index (χ4n) is 1.22. The molecule has 0 saturated heterocycles. The highest BCUT2D eigenvalue weighted by molar-refractivity contribution is 7.19. The third kappa shape index (κ3) is 2.38. The molecule has 0 radical (unpaired) electrons. The number of aromatic nitrogens is 2. The zero-order chi connectivity index (χ0) is 11.5. The zero-order valence-corrected chi connectivity index (χ0v) is 9.87. The van der Waals surface area contributed by atoms with Gasteiger partial charge in [-0.1, -0.05) is 11.6 Å². The van der Waals surface area contributed by atoms with Crippen LogP contribution in [0.1, 0.15) is 11.9 Å². The lowest BCUT2D eigenvalue weighted by Crippen LogP contribution is -2.17. The van der Waals surface area contributed by atoms with Crippen LogP contribution in [-0.4, -0.2) is 21.7 Å². The van der Waals surface area contributed by atoms with Gasteiger partial charge < -0.3 is 10.8 Å². The van der Waals surface area contributed by atoms with Crippen LogP contribution < -0.4 is 5.73 Å². The van der Waals surface area contributed by atoms with Crippen LogP contribution in [-0.2, 0) is 0 Å². The van der Waals surface area contributed by atoms with Crippen molar-refractivity contribution < 1.29 is 5.11 Å². The molecule has 1 unspecified atom stereocenters. The summed E-state index contributed by atoms with van der Waals surface area (Å²) < 4.78 is 0.710. The molecule has 0 aromatic carbocycles. The van der Waals surface area contributed by atoms with E-state index in [-0.39, 0.29) is 6.61 Å². The molecule has 3 N–H and O–H groups in total. The van der Waals surface area contributed by atoms with E-state index in [9.17, 15) is 0 Å². The smallest absolute Gasteiger partial charge is 0.147 e. The van der Waals surface area contributed by atoms with Gasteiger partial charge in [0, 0.05) is 6.20 Å². The van der Waals surface area contributed by atoms with Gasteiger partial charge in [0.25, 0.3) is 0 Å². The van der Waals surface area contributed by atoms with Crippen LogP contribution in [0.5, 0.6) is 0 Å². The lowest BCUT2D eigenvalue weighted by atomic mass is 10.3. The molecular formula is C10H10ClN3OS. The molecule has 16 heavy (non-hydrogen) atoms. The summed E-state index contributed by atoms with van der Waals surface area (Å²) in [7, 11) is 0. The van der Waals surface area contributed by atoms with Crippen molar-refractivity contribution in [2.75, 3.05) is 6.61 Å². The minimum absolute atomic E-state index is 0.172. The molecular weight excluding hydrogens is 246 g/mol. The first kappa shape index (κ1) is 11.5. The second kappa shape index (κ2) is 4.88. The molecule has 2 aromatic heterocycles. The molecule has 6 heteroatoms. The van der Waals surface area contributed by atoms with Crippen LogP contribution in [0.15, 0.2) is 24.4 Å². The maximum Gasteiger partial charge on any atom is 0.147 e. The van der Waals surface area contributed by atoms with Gasteiger partial charge in [0.05, 0.1) is 27.6 Å². The fourth-order valence-corrected chi connectivity index (χ4v) is 2.24. The average molecular weight is 256 g/mol. The van der Waals surface area contributed by atoms with Gasteiger partial charge in [0.1, 0.15) is 5.82 Å². The molecule has 4 nitrogen and oxygen atoms in total. The first-order valence-electron chi connectivity index (χ1n) is 4.66. The van der Waals surface area contributed by atoms with E-state index in [4.69, 9.17) is 22.4 Å². The lowest BCUT2D eigenvalue weighted by molar-refractivity contribution is 0.263. The number of nitrogens with zero attached hydrogens (tertiary/aromatic N) is 2. The van der Waals surface area contributed by atoms with Crippen molar-refractivity contribution in [2.45, 2.75) is 6.04 Å². The van der Waals surface area contributed by atoms with E-state index in [1.165, 1.54) is 11.3 Å². The molecule has 0 aliphatic carbocycles. The lowest BCUT2D eigenvalue weighted by Gasteiger charge is -2.06. The molecule has 2 heterocycles. The number of aliphatic hydroxyl groups excluding tert-OH is 1. The van der Waals surface area contributed by atoms with Crippen LogP contribution in [0.2, 0.25) is 4.34 Å². The molecule has 1 atom stereocenters.